The maximum absolute atomic E-state index is 12.2. The van der Waals surface area contributed by atoms with Crippen molar-refractivity contribution in [1.82, 2.24) is 5.32 Å². The molecule has 1 aliphatic rings. The van der Waals surface area contributed by atoms with Gasteiger partial charge in [0.1, 0.15) is 5.75 Å². The Hall–Kier alpha value is -1.55. The Bertz CT molecular complexity index is 414. The molecule has 104 valence electrons. The van der Waals surface area contributed by atoms with Crippen molar-refractivity contribution in [1.29, 1.82) is 0 Å². The first kappa shape index (κ1) is 13.9. The van der Waals surface area contributed by atoms with E-state index in [-0.39, 0.29) is 11.8 Å². The van der Waals surface area contributed by atoms with E-state index in [2.05, 4.69) is 17.6 Å². The third-order valence-corrected chi connectivity index (χ3v) is 3.32. The van der Waals surface area contributed by atoms with E-state index in [4.69, 9.17) is 4.74 Å². The molecule has 2 N–H and O–H groups in total. The van der Waals surface area contributed by atoms with Crippen LogP contribution in [0.25, 0.3) is 0 Å². The van der Waals surface area contributed by atoms with Gasteiger partial charge in [-0.1, -0.05) is 19.1 Å². The third-order valence-electron chi connectivity index (χ3n) is 3.32. The molecule has 1 saturated heterocycles. The highest BCUT2D eigenvalue weighted by molar-refractivity contribution is 5.94. The average molecular weight is 262 g/mol. The standard InChI is InChI=1S/C15H22N2O2/c1-2-11-19-14-6-4-3-5-13(14)17-15(18)12-7-9-16-10-8-12/h3-6,12,16H,2,7-11H2,1H3,(H,17,18). The van der Waals surface area contributed by atoms with Gasteiger partial charge in [-0.15, -0.1) is 0 Å². The van der Waals surface area contributed by atoms with E-state index in [1.165, 1.54) is 0 Å². The largest absolute Gasteiger partial charge is 0.491 e. The van der Waals surface area contributed by atoms with Crippen LogP contribution in [0, 0.1) is 5.92 Å². The number of amides is 1. The molecule has 4 heteroatoms. The van der Waals surface area contributed by atoms with Crippen molar-refractivity contribution in [2.45, 2.75) is 26.2 Å². The Morgan fingerprint density at radius 1 is 1.37 bits per heavy atom. The smallest absolute Gasteiger partial charge is 0.227 e. The third kappa shape index (κ3) is 3.96. The van der Waals surface area contributed by atoms with E-state index in [0.717, 1.165) is 43.8 Å². The maximum atomic E-state index is 12.2. The second-order valence-corrected chi connectivity index (χ2v) is 4.86. The van der Waals surface area contributed by atoms with Crippen LogP contribution in [-0.4, -0.2) is 25.6 Å². The first-order chi connectivity index (χ1) is 9.31. The van der Waals surface area contributed by atoms with Crippen LogP contribution >= 0.6 is 0 Å². The molecule has 0 saturated carbocycles. The molecule has 0 atom stereocenters. The lowest BCUT2D eigenvalue weighted by molar-refractivity contribution is -0.120. The maximum Gasteiger partial charge on any atom is 0.227 e. The summed E-state index contributed by atoms with van der Waals surface area (Å²) in [6.07, 6.45) is 2.77. The van der Waals surface area contributed by atoms with Gasteiger partial charge in [-0.25, -0.2) is 0 Å². The van der Waals surface area contributed by atoms with Crippen molar-refractivity contribution in [2.75, 3.05) is 25.0 Å². The van der Waals surface area contributed by atoms with E-state index >= 15 is 0 Å². The van der Waals surface area contributed by atoms with Crippen LogP contribution in [-0.2, 0) is 4.79 Å². The number of hydrogen-bond donors (Lipinski definition) is 2. The van der Waals surface area contributed by atoms with Crippen molar-refractivity contribution >= 4 is 11.6 Å². The zero-order valence-electron chi connectivity index (χ0n) is 11.4. The number of carbonyl (C=O) groups excluding carboxylic acids is 1. The van der Waals surface area contributed by atoms with Crippen molar-refractivity contribution in [2.24, 2.45) is 5.92 Å². The molecule has 0 radical (unpaired) electrons. The van der Waals surface area contributed by atoms with Crippen LogP contribution < -0.4 is 15.4 Å². The number of benzene rings is 1. The number of piperidine rings is 1. The second-order valence-electron chi connectivity index (χ2n) is 4.86. The monoisotopic (exact) mass is 262 g/mol. The molecular formula is C15H22N2O2. The second kappa shape index (κ2) is 7.14. The van der Waals surface area contributed by atoms with Gasteiger partial charge in [0.05, 0.1) is 12.3 Å². The number of para-hydroxylation sites is 2. The van der Waals surface area contributed by atoms with Crippen LogP contribution in [0.15, 0.2) is 24.3 Å². The lowest BCUT2D eigenvalue weighted by atomic mass is 9.97. The van der Waals surface area contributed by atoms with E-state index in [0.29, 0.717) is 6.61 Å². The summed E-state index contributed by atoms with van der Waals surface area (Å²) in [6, 6.07) is 7.62. The number of ether oxygens (including phenoxy) is 1. The molecule has 1 aromatic carbocycles. The summed E-state index contributed by atoms with van der Waals surface area (Å²) in [7, 11) is 0. The van der Waals surface area contributed by atoms with Gasteiger partial charge in [-0.2, -0.15) is 0 Å². The molecule has 1 heterocycles. The topological polar surface area (TPSA) is 50.4 Å². The minimum atomic E-state index is 0.106. The highest BCUT2D eigenvalue weighted by Gasteiger charge is 2.21. The van der Waals surface area contributed by atoms with Crippen LogP contribution in [0.2, 0.25) is 0 Å². The van der Waals surface area contributed by atoms with Gasteiger partial charge < -0.3 is 15.4 Å². The number of carbonyl (C=O) groups is 1. The van der Waals surface area contributed by atoms with Crippen molar-refractivity contribution in [3.63, 3.8) is 0 Å². The summed E-state index contributed by atoms with van der Waals surface area (Å²) in [5.41, 5.74) is 0.777. The summed E-state index contributed by atoms with van der Waals surface area (Å²) >= 11 is 0. The van der Waals surface area contributed by atoms with E-state index in [1.807, 2.05) is 24.3 Å². The Kier molecular flexibility index (Phi) is 5.21. The van der Waals surface area contributed by atoms with Gasteiger partial charge in [-0.05, 0) is 44.5 Å². The zero-order valence-corrected chi connectivity index (χ0v) is 11.4. The molecule has 0 spiro atoms. The molecule has 0 bridgehead atoms. The molecule has 2 rings (SSSR count). The molecule has 19 heavy (non-hydrogen) atoms. The van der Waals surface area contributed by atoms with E-state index < -0.39 is 0 Å². The SMILES string of the molecule is CCCOc1ccccc1NC(=O)C1CCNCC1. The molecule has 0 unspecified atom stereocenters. The fourth-order valence-electron chi connectivity index (χ4n) is 2.23. The summed E-state index contributed by atoms with van der Waals surface area (Å²) in [4.78, 5) is 12.2. The van der Waals surface area contributed by atoms with Crippen molar-refractivity contribution in [3.8, 4) is 5.75 Å². The number of nitrogens with one attached hydrogen (secondary N) is 2. The Morgan fingerprint density at radius 2 is 2.11 bits per heavy atom. The van der Waals surface area contributed by atoms with E-state index in [1.54, 1.807) is 0 Å². The molecular weight excluding hydrogens is 240 g/mol. The first-order valence-corrected chi connectivity index (χ1v) is 7.04. The average Bonchev–Trinajstić information content (AvgIpc) is 2.47. The van der Waals surface area contributed by atoms with Gasteiger partial charge >= 0.3 is 0 Å². The first-order valence-electron chi connectivity index (χ1n) is 7.04. The summed E-state index contributed by atoms with van der Waals surface area (Å²) in [5.74, 6) is 0.973. The zero-order chi connectivity index (χ0) is 13.5. The molecule has 1 aromatic rings. The fourth-order valence-corrected chi connectivity index (χ4v) is 2.23. The van der Waals surface area contributed by atoms with Crippen molar-refractivity contribution in [3.05, 3.63) is 24.3 Å². The highest BCUT2D eigenvalue weighted by Crippen LogP contribution is 2.25. The lowest BCUT2D eigenvalue weighted by Gasteiger charge is -2.22. The number of hydrogen-bond acceptors (Lipinski definition) is 3. The molecule has 0 aromatic heterocycles. The Balaban J connectivity index is 1.99. The van der Waals surface area contributed by atoms with Gasteiger partial charge in [0.25, 0.3) is 0 Å². The van der Waals surface area contributed by atoms with Crippen LogP contribution in [0.5, 0.6) is 5.75 Å². The number of anilines is 1. The summed E-state index contributed by atoms with van der Waals surface area (Å²) < 4.78 is 5.65. The fraction of sp³-hybridized carbons (Fsp3) is 0.533. The number of rotatable bonds is 5. The van der Waals surface area contributed by atoms with Gasteiger partial charge in [-0.3, -0.25) is 4.79 Å². The van der Waals surface area contributed by atoms with E-state index in [9.17, 15) is 4.79 Å². The minimum absolute atomic E-state index is 0.106. The molecule has 4 nitrogen and oxygen atoms in total. The van der Waals surface area contributed by atoms with Crippen LogP contribution in [0.4, 0.5) is 5.69 Å². The normalized spacial score (nSPS) is 16.1. The van der Waals surface area contributed by atoms with Crippen molar-refractivity contribution < 1.29 is 9.53 Å². The van der Waals surface area contributed by atoms with Gasteiger partial charge in [0.2, 0.25) is 5.91 Å². The quantitative estimate of drug-likeness (QED) is 0.856. The van der Waals surface area contributed by atoms with Gasteiger partial charge in [0, 0.05) is 5.92 Å². The molecule has 1 amide bonds. The van der Waals surface area contributed by atoms with Crippen LogP contribution in [0.3, 0.4) is 0 Å². The molecule has 1 fully saturated rings. The summed E-state index contributed by atoms with van der Waals surface area (Å²) in [6.45, 7) is 4.58. The Morgan fingerprint density at radius 3 is 2.84 bits per heavy atom. The Labute approximate surface area is 114 Å². The van der Waals surface area contributed by atoms with Gasteiger partial charge in [0.15, 0.2) is 0 Å². The molecule has 1 aliphatic heterocycles. The summed E-state index contributed by atoms with van der Waals surface area (Å²) in [5, 5.41) is 6.27. The predicted octanol–water partition coefficient (Wildman–Crippen LogP) is 2.41. The predicted molar refractivity (Wildman–Crippen MR) is 76.5 cm³/mol. The minimum Gasteiger partial charge on any atom is -0.491 e. The lowest BCUT2D eigenvalue weighted by Crippen LogP contribution is -2.34. The highest BCUT2D eigenvalue weighted by atomic mass is 16.5. The molecule has 0 aliphatic carbocycles. The van der Waals surface area contributed by atoms with Crippen LogP contribution in [0.1, 0.15) is 26.2 Å².